The van der Waals surface area contributed by atoms with Crippen LogP contribution in [0.4, 0.5) is 0 Å². The summed E-state index contributed by atoms with van der Waals surface area (Å²) < 4.78 is 0. The molecule has 0 heterocycles. The number of carbonyl (C=O) groups is 1. The number of nitrogens with one attached hydrogen (secondary N) is 1. The zero-order chi connectivity index (χ0) is 10.6. The molecule has 0 atom stereocenters. The zero-order valence-electron chi connectivity index (χ0n) is 7.58. The fourth-order valence-corrected chi connectivity index (χ4v) is 1.03. The third kappa shape index (κ3) is 2.61. The molecule has 0 saturated heterocycles. The molecule has 0 fully saturated rings. The lowest BCUT2D eigenvalue weighted by molar-refractivity contribution is 0.0364. The maximum absolute atomic E-state index is 11.3. The first-order valence-corrected chi connectivity index (χ1v) is 4.43. The standard InChI is InChI=1S/C9H10ClNO3/c1-2-14-11-9(13)6-3-4-8(12)7(10)5-6/h3-5,12H,2H2,1H3,(H,11,13). The summed E-state index contributed by atoms with van der Waals surface area (Å²) in [6, 6.07) is 4.17. The molecule has 0 aliphatic heterocycles. The Morgan fingerprint density at radius 2 is 2.36 bits per heavy atom. The molecule has 0 aliphatic carbocycles. The Morgan fingerprint density at radius 3 is 2.93 bits per heavy atom. The van der Waals surface area contributed by atoms with Crippen LogP contribution in [-0.2, 0) is 4.84 Å². The van der Waals surface area contributed by atoms with Gasteiger partial charge >= 0.3 is 0 Å². The molecule has 5 heteroatoms. The van der Waals surface area contributed by atoms with Crippen molar-refractivity contribution >= 4 is 17.5 Å². The number of phenols is 1. The Bertz CT molecular complexity index is 341. The number of carbonyl (C=O) groups excluding carboxylic acids is 1. The van der Waals surface area contributed by atoms with Crippen LogP contribution in [0, 0.1) is 0 Å². The minimum absolute atomic E-state index is 0.0559. The summed E-state index contributed by atoms with van der Waals surface area (Å²) in [4.78, 5) is 16.0. The van der Waals surface area contributed by atoms with E-state index < -0.39 is 5.91 Å². The van der Waals surface area contributed by atoms with E-state index in [1.54, 1.807) is 6.92 Å². The van der Waals surface area contributed by atoms with Gasteiger partial charge in [0.15, 0.2) is 0 Å². The second-order valence-corrected chi connectivity index (χ2v) is 2.94. The van der Waals surface area contributed by atoms with Crippen LogP contribution in [-0.4, -0.2) is 17.6 Å². The number of rotatable bonds is 3. The van der Waals surface area contributed by atoms with Crippen molar-refractivity contribution in [3.05, 3.63) is 28.8 Å². The van der Waals surface area contributed by atoms with Gasteiger partial charge in [-0.25, -0.2) is 5.48 Å². The second kappa shape index (κ2) is 4.83. The van der Waals surface area contributed by atoms with E-state index in [9.17, 15) is 4.79 Å². The lowest BCUT2D eigenvalue weighted by atomic mass is 10.2. The van der Waals surface area contributed by atoms with Crippen molar-refractivity contribution in [1.82, 2.24) is 5.48 Å². The second-order valence-electron chi connectivity index (χ2n) is 2.53. The number of benzene rings is 1. The zero-order valence-corrected chi connectivity index (χ0v) is 8.34. The van der Waals surface area contributed by atoms with E-state index in [1.807, 2.05) is 0 Å². The van der Waals surface area contributed by atoms with Crippen LogP contribution < -0.4 is 5.48 Å². The molecular weight excluding hydrogens is 206 g/mol. The van der Waals surface area contributed by atoms with Crippen LogP contribution in [0.3, 0.4) is 0 Å². The van der Waals surface area contributed by atoms with Crippen LogP contribution in [0.1, 0.15) is 17.3 Å². The number of hydrogen-bond acceptors (Lipinski definition) is 3. The third-order valence-electron chi connectivity index (χ3n) is 1.52. The van der Waals surface area contributed by atoms with Crippen molar-refractivity contribution in [2.75, 3.05) is 6.61 Å². The molecule has 0 bridgehead atoms. The Kier molecular flexibility index (Phi) is 3.73. The minimum Gasteiger partial charge on any atom is -0.506 e. The van der Waals surface area contributed by atoms with Crippen molar-refractivity contribution in [2.24, 2.45) is 0 Å². The molecule has 76 valence electrons. The van der Waals surface area contributed by atoms with Crippen molar-refractivity contribution in [2.45, 2.75) is 6.92 Å². The molecular formula is C9H10ClNO3. The number of hydroxylamine groups is 1. The highest BCUT2D eigenvalue weighted by molar-refractivity contribution is 6.32. The molecule has 0 aliphatic rings. The number of halogens is 1. The van der Waals surface area contributed by atoms with Gasteiger partial charge in [0.05, 0.1) is 11.6 Å². The van der Waals surface area contributed by atoms with Gasteiger partial charge < -0.3 is 5.11 Å². The van der Waals surface area contributed by atoms with Crippen LogP contribution >= 0.6 is 11.6 Å². The van der Waals surface area contributed by atoms with Gasteiger partial charge in [0.2, 0.25) is 0 Å². The van der Waals surface area contributed by atoms with Crippen LogP contribution in [0.5, 0.6) is 5.75 Å². The lowest BCUT2D eigenvalue weighted by Crippen LogP contribution is -2.23. The summed E-state index contributed by atoms with van der Waals surface area (Å²) in [6.45, 7) is 2.14. The van der Waals surface area contributed by atoms with E-state index in [4.69, 9.17) is 21.5 Å². The highest BCUT2D eigenvalue weighted by Gasteiger charge is 2.07. The van der Waals surface area contributed by atoms with Gasteiger partial charge in [-0.2, -0.15) is 0 Å². The topological polar surface area (TPSA) is 58.6 Å². The van der Waals surface area contributed by atoms with Crippen molar-refractivity contribution in [3.63, 3.8) is 0 Å². The molecule has 1 aromatic rings. The minimum atomic E-state index is -0.395. The van der Waals surface area contributed by atoms with Gasteiger partial charge in [0.25, 0.3) is 5.91 Å². The Hall–Kier alpha value is -1.26. The molecule has 2 N–H and O–H groups in total. The molecule has 14 heavy (non-hydrogen) atoms. The molecule has 0 saturated carbocycles. The lowest BCUT2D eigenvalue weighted by Gasteiger charge is -2.04. The first-order chi connectivity index (χ1) is 6.65. The smallest absolute Gasteiger partial charge is 0.274 e. The largest absolute Gasteiger partial charge is 0.506 e. The maximum Gasteiger partial charge on any atom is 0.274 e. The fraction of sp³-hybridized carbons (Fsp3) is 0.222. The predicted octanol–water partition coefficient (Wildman–Crippen LogP) is 1.73. The number of phenolic OH excluding ortho intramolecular Hbond substituents is 1. The van der Waals surface area contributed by atoms with E-state index in [0.29, 0.717) is 12.2 Å². The maximum atomic E-state index is 11.3. The summed E-state index contributed by atoms with van der Waals surface area (Å²) >= 11 is 5.62. The summed E-state index contributed by atoms with van der Waals surface area (Å²) in [5.41, 5.74) is 2.55. The summed E-state index contributed by atoms with van der Waals surface area (Å²) in [5.74, 6) is -0.451. The van der Waals surface area contributed by atoms with Gasteiger partial charge in [-0.05, 0) is 25.1 Å². The van der Waals surface area contributed by atoms with E-state index in [2.05, 4.69) is 5.48 Å². The van der Waals surface area contributed by atoms with Crippen LogP contribution in [0.15, 0.2) is 18.2 Å². The average Bonchev–Trinajstić information content (AvgIpc) is 2.18. The van der Waals surface area contributed by atoms with Gasteiger partial charge in [0, 0.05) is 5.56 Å². The number of aromatic hydroxyl groups is 1. The molecule has 1 rings (SSSR count). The number of hydrogen-bond donors (Lipinski definition) is 2. The summed E-state index contributed by atoms with van der Waals surface area (Å²) in [7, 11) is 0. The van der Waals surface area contributed by atoms with Crippen LogP contribution in [0.25, 0.3) is 0 Å². The van der Waals surface area contributed by atoms with Gasteiger partial charge in [0.1, 0.15) is 5.75 Å². The van der Waals surface area contributed by atoms with Gasteiger partial charge in [-0.1, -0.05) is 11.6 Å². The molecule has 0 aromatic heterocycles. The van der Waals surface area contributed by atoms with Gasteiger partial charge in [-0.3, -0.25) is 9.63 Å². The van der Waals surface area contributed by atoms with E-state index in [0.717, 1.165) is 0 Å². The molecule has 0 unspecified atom stereocenters. The van der Waals surface area contributed by atoms with Gasteiger partial charge in [-0.15, -0.1) is 0 Å². The fourth-order valence-electron chi connectivity index (χ4n) is 0.845. The quantitative estimate of drug-likeness (QED) is 0.755. The monoisotopic (exact) mass is 215 g/mol. The van der Waals surface area contributed by atoms with Crippen LogP contribution in [0.2, 0.25) is 5.02 Å². The van der Waals surface area contributed by atoms with E-state index in [-0.39, 0.29) is 10.8 Å². The first-order valence-electron chi connectivity index (χ1n) is 4.05. The average molecular weight is 216 g/mol. The first kappa shape index (κ1) is 10.8. The molecule has 1 amide bonds. The molecule has 1 aromatic carbocycles. The Labute approximate surface area is 86.4 Å². The number of amides is 1. The normalized spacial score (nSPS) is 9.86. The third-order valence-corrected chi connectivity index (χ3v) is 1.82. The summed E-state index contributed by atoms with van der Waals surface area (Å²) in [6.07, 6.45) is 0. The van der Waals surface area contributed by atoms with Crippen molar-refractivity contribution < 1.29 is 14.7 Å². The predicted molar refractivity (Wildman–Crippen MR) is 52.2 cm³/mol. The van der Waals surface area contributed by atoms with E-state index >= 15 is 0 Å². The molecule has 0 spiro atoms. The van der Waals surface area contributed by atoms with E-state index in [1.165, 1.54) is 18.2 Å². The van der Waals surface area contributed by atoms with Crippen molar-refractivity contribution in [3.8, 4) is 5.75 Å². The molecule has 0 radical (unpaired) electrons. The molecule has 4 nitrogen and oxygen atoms in total. The highest BCUT2D eigenvalue weighted by Crippen LogP contribution is 2.23. The Morgan fingerprint density at radius 1 is 1.64 bits per heavy atom. The van der Waals surface area contributed by atoms with Crippen molar-refractivity contribution in [1.29, 1.82) is 0 Å². The highest BCUT2D eigenvalue weighted by atomic mass is 35.5. The summed E-state index contributed by atoms with van der Waals surface area (Å²) in [5, 5.41) is 9.24. The Balaban J connectivity index is 2.76. The SMILES string of the molecule is CCONC(=O)c1ccc(O)c(Cl)c1.